The lowest BCUT2D eigenvalue weighted by atomic mass is 9.84. The van der Waals surface area contributed by atoms with Crippen molar-refractivity contribution in [2.24, 2.45) is 5.73 Å². The Kier molecular flexibility index (Phi) is 5.60. The number of nitrogens with one attached hydrogen (secondary N) is 1. The first-order valence-electron chi connectivity index (χ1n) is 7.66. The van der Waals surface area contributed by atoms with Gasteiger partial charge in [0.05, 0.1) is 0 Å². The molecule has 1 unspecified atom stereocenters. The van der Waals surface area contributed by atoms with E-state index in [9.17, 15) is 4.79 Å². The molecule has 3 nitrogen and oxygen atoms in total. The maximum absolute atomic E-state index is 12.4. The first-order valence-corrected chi connectivity index (χ1v) is 8.45. The summed E-state index contributed by atoms with van der Waals surface area (Å²) in [4.78, 5) is 12.4. The number of halogens is 1. The van der Waals surface area contributed by atoms with E-state index >= 15 is 0 Å². The third kappa shape index (κ3) is 4.43. The van der Waals surface area contributed by atoms with E-state index in [0.717, 1.165) is 21.2 Å². The molecule has 122 valence electrons. The van der Waals surface area contributed by atoms with Gasteiger partial charge in [-0.05, 0) is 35.7 Å². The molecule has 0 heterocycles. The summed E-state index contributed by atoms with van der Waals surface area (Å²) in [7, 11) is 0. The quantitative estimate of drug-likeness (QED) is 0.834. The molecule has 0 saturated carbocycles. The highest BCUT2D eigenvalue weighted by molar-refractivity contribution is 9.10. The van der Waals surface area contributed by atoms with E-state index in [2.05, 4.69) is 47.2 Å². The van der Waals surface area contributed by atoms with E-state index in [0.29, 0.717) is 6.54 Å². The Hall–Kier alpha value is -1.65. The number of nitrogens with two attached hydrogens (primary N) is 1. The van der Waals surface area contributed by atoms with Crippen molar-refractivity contribution >= 4 is 21.8 Å². The Labute approximate surface area is 146 Å². The van der Waals surface area contributed by atoms with Crippen molar-refractivity contribution in [1.29, 1.82) is 0 Å². The maximum Gasteiger partial charge on any atom is 0.241 e. The number of hydrogen-bond acceptors (Lipinski definition) is 2. The van der Waals surface area contributed by atoms with Crippen LogP contribution >= 0.6 is 15.9 Å². The summed E-state index contributed by atoms with van der Waals surface area (Å²) < 4.78 is 1.03. The number of carbonyl (C=O) groups excluding carboxylic acids is 1. The standard InChI is InChI=1S/C19H23BrN2O/c1-13-7-4-5-10-16(13)17(21)18(23)22-12-19(2,3)14-8-6-9-15(20)11-14/h4-11,17H,12,21H2,1-3H3,(H,22,23). The molecular weight excluding hydrogens is 352 g/mol. The van der Waals surface area contributed by atoms with E-state index in [1.165, 1.54) is 0 Å². The number of rotatable bonds is 5. The molecule has 0 saturated heterocycles. The SMILES string of the molecule is Cc1ccccc1C(N)C(=O)NCC(C)(C)c1cccc(Br)c1. The lowest BCUT2D eigenvalue weighted by Gasteiger charge is -2.27. The van der Waals surface area contributed by atoms with Gasteiger partial charge in [0, 0.05) is 16.4 Å². The Morgan fingerprint density at radius 2 is 1.91 bits per heavy atom. The Bertz CT molecular complexity index is 697. The van der Waals surface area contributed by atoms with Gasteiger partial charge < -0.3 is 11.1 Å². The van der Waals surface area contributed by atoms with Gasteiger partial charge in [-0.1, -0.05) is 66.2 Å². The summed E-state index contributed by atoms with van der Waals surface area (Å²) >= 11 is 3.49. The zero-order valence-corrected chi connectivity index (χ0v) is 15.4. The molecule has 2 aromatic rings. The second-order valence-corrected chi connectivity index (χ2v) is 7.36. The predicted octanol–water partition coefficient (Wildman–Crippen LogP) is 3.85. The van der Waals surface area contributed by atoms with Crippen LogP contribution in [0.25, 0.3) is 0 Å². The fraction of sp³-hybridized carbons (Fsp3) is 0.316. The number of hydrogen-bond donors (Lipinski definition) is 2. The van der Waals surface area contributed by atoms with E-state index in [1.54, 1.807) is 0 Å². The summed E-state index contributed by atoms with van der Waals surface area (Å²) in [6.45, 7) is 6.71. The van der Waals surface area contributed by atoms with E-state index < -0.39 is 6.04 Å². The monoisotopic (exact) mass is 374 g/mol. The molecule has 4 heteroatoms. The Balaban J connectivity index is 2.05. The van der Waals surface area contributed by atoms with Crippen LogP contribution in [-0.2, 0) is 10.2 Å². The highest BCUT2D eigenvalue weighted by Crippen LogP contribution is 2.25. The minimum Gasteiger partial charge on any atom is -0.354 e. The van der Waals surface area contributed by atoms with Crippen molar-refractivity contribution in [2.45, 2.75) is 32.2 Å². The molecule has 0 aliphatic heterocycles. The Morgan fingerprint density at radius 1 is 1.22 bits per heavy atom. The zero-order chi connectivity index (χ0) is 17.0. The highest BCUT2D eigenvalue weighted by Gasteiger charge is 2.24. The normalized spacial score (nSPS) is 12.7. The first-order chi connectivity index (χ1) is 10.8. The van der Waals surface area contributed by atoms with Gasteiger partial charge in [0.25, 0.3) is 0 Å². The van der Waals surface area contributed by atoms with Crippen LogP contribution in [0.15, 0.2) is 53.0 Å². The van der Waals surface area contributed by atoms with Gasteiger partial charge in [0.1, 0.15) is 6.04 Å². The molecule has 1 atom stereocenters. The van der Waals surface area contributed by atoms with Gasteiger partial charge in [-0.2, -0.15) is 0 Å². The molecule has 0 radical (unpaired) electrons. The third-order valence-electron chi connectivity index (χ3n) is 4.12. The minimum absolute atomic E-state index is 0.151. The summed E-state index contributed by atoms with van der Waals surface area (Å²) in [5.41, 5.74) is 8.99. The van der Waals surface area contributed by atoms with Crippen molar-refractivity contribution in [3.63, 3.8) is 0 Å². The van der Waals surface area contributed by atoms with Crippen molar-refractivity contribution in [3.8, 4) is 0 Å². The lowest BCUT2D eigenvalue weighted by molar-refractivity contribution is -0.122. The van der Waals surface area contributed by atoms with Gasteiger partial charge in [0.2, 0.25) is 5.91 Å². The second kappa shape index (κ2) is 7.28. The second-order valence-electron chi connectivity index (χ2n) is 6.45. The van der Waals surface area contributed by atoms with Crippen molar-refractivity contribution < 1.29 is 4.79 Å². The van der Waals surface area contributed by atoms with Gasteiger partial charge >= 0.3 is 0 Å². The summed E-state index contributed by atoms with van der Waals surface area (Å²) in [6.07, 6.45) is 0. The molecule has 0 spiro atoms. The first kappa shape index (κ1) is 17.7. The topological polar surface area (TPSA) is 55.1 Å². The number of benzene rings is 2. The molecule has 0 bridgehead atoms. The summed E-state index contributed by atoms with van der Waals surface area (Å²) in [6, 6.07) is 15.2. The van der Waals surface area contributed by atoms with Crippen molar-refractivity contribution in [2.75, 3.05) is 6.54 Å². The van der Waals surface area contributed by atoms with Crippen LogP contribution < -0.4 is 11.1 Å². The molecule has 2 aromatic carbocycles. The molecule has 2 rings (SSSR count). The van der Waals surface area contributed by atoms with Crippen LogP contribution in [-0.4, -0.2) is 12.5 Å². The average molecular weight is 375 g/mol. The fourth-order valence-electron chi connectivity index (χ4n) is 2.51. The number of carbonyl (C=O) groups is 1. The molecule has 3 N–H and O–H groups in total. The van der Waals surface area contributed by atoms with E-state index in [-0.39, 0.29) is 11.3 Å². The maximum atomic E-state index is 12.4. The third-order valence-corrected chi connectivity index (χ3v) is 4.61. The van der Waals surface area contributed by atoms with Crippen LogP contribution in [0, 0.1) is 6.92 Å². The van der Waals surface area contributed by atoms with Gasteiger partial charge in [-0.25, -0.2) is 0 Å². The van der Waals surface area contributed by atoms with Gasteiger partial charge in [0.15, 0.2) is 0 Å². The lowest BCUT2D eigenvalue weighted by Crippen LogP contribution is -2.41. The molecule has 1 amide bonds. The van der Waals surface area contributed by atoms with E-state index in [4.69, 9.17) is 5.73 Å². The molecule has 0 aliphatic carbocycles. The molecule has 0 fully saturated rings. The van der Waals surface area contributed by atoms with Crippen LogP contribution in [0.2, 0.25) is 0 Å². The highest BCUT2D eigenvalue weighted by atomic mass is 79.9. The zero-order valence-electron chi connectivity index (χ0n) is 13.8. The molecule has 0 aliphatic rings. The van der Waals surface area contributed by atoms with Crippen LogP contribution in [0.5, 0.6) is 0 Å². The molecule has 23 heavy (non-hydrogen) atoms. The largest absolute Gasteiger partial charge is 0.354 e. The predicted molar refractivity (Wildman–Crippen MR) is 98.3 cm³/mol. The summed E-state index contributed by atoms with van der Waals surface area (Å²) in [5.74, 6) is -0.151. The fourth-order valence-corrected chi connectivity index (χ4v) is 2.91. The Morgan fingerprint density at radius 3 is 2.57 bits per heavy atom. The van der Waals surface area contributed by atoms with E-state index in [1.807, 2.05) is 43.3 Å². The minimum atomic E-state index is -0.644. The number of aryl methyl sites for hydroxylation is 1. The van der Waals surface area contributed by atoms with Gasteiger partial charge in [-0.3, -0.25) is 4.79 Å². The smallest absolute Gasteiger partial charge is 0.241 e. The van der Waals surface area contributed by atoms with Crippen LogP contribution in [0.3, 0.4) is 0 Å². The van der Waals surface area contributed by atoms with Crippen molar-refractivity contribution in [1.82, 2.24) is 5.32 Å². The molecular formula is C19H23BrN2O. The van der Waals surface area contributed by atoms with Crippen LogP contribution in [0.1, 0.15) is 36.6 Å². The van der Waals surface area contributed by atoms with Crippen molar-refractivity contribution in [3.05, 3.63) is 69.7 Å². The number of amides is 1. The van der Waals surface area contributed by atoms with Crippen LogP contribution in [0.4, 0.5) is 0 Å². The summed E-state index contributed by atoms with van der Waals surface area (Å²) in [5, 5.41) is 2.99. The molecule has 0 aromatic heterocycles. The average Bonchev–Trinajstić information content (AvgIpc) is 2.52. The van der Waals surface area contributed by atoms with Gasteiger partial charge in [-0.15, -0.1) is 0 Å².